The van der Waals surface area contributed by atoms with E-state index in [0.717, 1.165) is 11.3 Å². The second-order valence-corrected chi connectivity index (χ2v) is 4.15. The molecule has 1 atom stereocenters. The van der Waals surface area contributed by atoms with Gasteiger partial charge in [-0.05, 0) is 29.8 Å². The molecule has 0 heterocycles. The molecule has 0 saturated carbocycles. The fourth-order valence-corrected chi connectivity index (χ4v) is 1.68. The highest BCUT2D eigenvalue weighted by atomic mass is 19.1. The van der Waals surface area contributed by atoms with Gasteiger partial charge in [-0.3, -0.25) is 0 Å². The summed E-state index contributed by atoms with van der Waals surface area (Å²) in [5, 5.41) is 0. The van der Waals surface area contributed by atoms with Gasteiger partial charge in [0.15, 0.2) is 0 Å². The van der Waals surface area contributed by atoms with Crippen molar-refractivity contribution in [2.75, 3.05) is 13.7 Å². The van der Waals surface area contributed by atoms with Crippen molar-refractivity contribution in [3.8, 4) is 11.5 Å². The van der Waals surface area contributed by atoms with Crippen molar-refractivity contribution in [2.45, 2.75) is 6.04 Å². The molecule has 19 heavy (non-hydrogen) atoms. The fraction of sp³-hybridized carbons (Fsp3) is 0.200. The van der Waals surface area contributed by atoms with Gasteiger partial charge in [-0.2, -0.15) is 0 Å². The zero-order valence-electron chi connectivity index (χ0n) is 10.7. The summed E-state index contributed by atoms with van der Waals surface area (Å²) in [7, 11) is 1.60. The maximum absolute atomic E-state index is 12.8. The third-order valence-corrected chi connectivity index (χ3v) is 2.77. The number of hydrogen-bond donors (Lipinski definition) is 1. The van der Waals surface area contributed by atoms with E-state index < -0.39 is 0 Å². The SMILES string of the molecule is COc1cccc(OCC(N)c2ccc(F)cc2)c1. The fourth-order valence-electron chi connectivity index (χ4n) is 1.68. The summed E-state index contributed by atoms with van der Waals surface area (Å²) >= 11 is 0. The van der Waals surface area contributed by atoms with E-state index in [1.165, 1.54) is 12.1 Å². The molecule has 0 aliphatic rings. The monoisotopic (exact) mass is 261 g/mol. The van der Waals surface area contributed by atoms with Gasteiger partial charge in [0.05, 0.1) is 13.2 Å². The Kier molecular flexibility index (Phi) is 4.36. The van der Waals surface area contributed by atoms with Crippen LogP contribution in [0.5, 0.6) is 11.5 Å². The summed E-state index contributed by atoms with van der Waals surface area (Å²) in [6.07, 6.45) is 0. The molecule has 0 spiro atoms. The van der Waals surface area contributed by atoms with Crippen LogP contribution < -0.4 is 15.2 Å². The maximum Gasteiger partial charge on any atom is 0.123 e. The number of halogens is 1. The maximum atomic E-state index is 12.8. The Bertz CT molecular complexity index is 528. The van der Waals surface area contributed by atoms with Crippen molar-refractivity contribution in [1.82, 2.24) is 0 Å². The molecule has 2 rings (SSSR count). The van der Waals surface area contributed by atoms with Crippen molar-refractivity contribution in [1.29, 1.82) is 0 Å². The Morgan fingerprint density at radius 2 is 1.79 bits per heavy atom. The highest BCUT2D eigenvalue weighted by Crippen LogP contribution is 2.20. The number of rotatable bonds is 5. The van der Waals surface area contributed by atoms with Gasteiger partial charge in [-0.1, -0.05) is 18.2 Å². The third kappa shape index (κ3) is 3.69. The van der Waals surface area contributed by atoms with Crippen molar-refractivity contribution in [2.24, 2.45) is 5.73 Å². The molecule has 4 heteroatoms. The molecule has 0 fully saturated rings. The van der Waals surface area contributed by atoms with Crippen LogP contribution in [0.3, 0.4) is 0 Å². The van der Waals surface area contributed by atoms with Gasteiger partial charge in [0.1, 0.15) is 23.9 Å². The summed E-state index contributed by atoms with van der Waals surface area (Å²) in [4.78, 5) is 0. The Hall–Kier alpha value is -2.07. The molecular formula is C15H16FNO2. The molecule has 3 nitrogen and oxygen atoms in total. The Morgan fingerprint density at radius 1 is 1.11 bits per heavy atom. The molecule has 2 N–H and O–H groups in total. The normalized spacial score (nSPS) is 11.9. The van der Waals surface area contributed by atoms with Crippen molar-refractivity contribution in [3.05, 3.63) is 59.9 Å². The first kappa shape index (κ1) is 13.4. The van der Waals surface area contributed by atoms with E-state index >= 15 is 0 Å². The van der Waals surface area contributed by atoms with Crippen LogP contribution in [0.25, 0.3) is 0 Å². The lowest BCUT2D eigenvalue weighted by Gasteiger charge is -2.14. The molecule has 0 aromatic heterocycles. The predicted molar refractivity (Wildman–Crippen MR) is 71.8 cm³/mol. The Balaban J connectivity index is 1.96. The zero-order valence-corrected chi connectivity index (χ0v) is 10.7. The first-order valence-corrected chi connectivity index (χ1v) is 5.97. The lowest BCUT2D eigenvalue weighted by atomic mass is 10.1. The van der Waals surface area contributed by atoms with Gasteiger partial charge in [-0.25, -0.2) is 4.39 Å². The molecule has 2 aromatic carbocycles. The van der Waals surface area contributed by atoms with Crippen molar-refractivity contribution < 1.29 is 13.9 Å². The summed E-state index contributed by atoms with van der Waals surface area (Å²) in [5.41, 5.74) is 6.82. The average molecular weight is 261 g/mol. The number of ether oxygens (including phenoxy) is 2. The Labute approximate surface area is 111 Å². The minimum Gasteiger partial charge on any atom is -0.497 e. The van der Waals surface area contributed by atoms with Crippen LogP contribution in [0.1, 0.15) is 11.6 Å². The smallest absolute Gasteiger partial charge is 0.123 e. The second kappa shape index (κ2) is 6.20. The molecule has 100 valence electrons. The molecule has 0 amide bonds. The van der Waals surface area contributed by atoms with Gasteiger partial charge in [0, 0.05) is 6.07 Å². The molecule has 2 aromatic rings. The van der Waals surface area contributed by atoms with Crippen LogP contribution in [0.2, 0.25) is 0 Å². The van der Waals surface area contributed by atoms with Gasteiger partial charge < -0.3 is 15.2 Å². The molecule has 0 aliphatic heterocycles. The molecule has 0 radical (unpaired) electrons. The minimum atomic E-state index is -0.299. The van der Waals surface area contributed by atoms with Crippen LogP contribution in [-0.4, -0.2) is 13.7 Å². The van der Waals surface area contributed by atoms with Crippen LogP contribution in [0.4, 0.5) is 4.39 Å². The van der Waals surface area contributed by atoms with E-state index in [-0.39, 0.29) is 11.9 Å². The summed E-state index contributed by atoms with van der Waals surface area (Å²) in [6, 6.07) is 13.1. The summed E-state index contributed by atoms with van der Waals surface area (Å²) < 4.78 is 23.5. The van der Waals surface area contributed by atoms with E-state index in [2.05, 4.69) is 0 Å². The van der Waals surface area contributed by atoms with Gasteiger partial charge in [0.2, 0.25) is 0 Å². The van der Waals surface area contributed by atoms with Crippen LogP contribution >= 0.6 is 0 Å². The van der Waals surface area contributed by atoms with Crippen LogP contribution in [0.15, 0.2) is 48.5 Å². The average Bonchev–Trinajstić information content (AvgIpc) is 2.46. The predicted octanol–water partition coefficient (Wildman–Crippen LogP) is 2.91. The second-order valence-electron chi connectivity index (χ2n) is 4.15. The topological polar surface area (TPSA) is 44.5 Å². The zero-order chi connectivity index (χ0) is 13.7. The first-order chi connectivity index (χ1) is 9.19. The third-order valence-electron chi connectivity index (χ3n) is 2.77. The van der Waals surface area contributed by atoms with E-state index in [1.807, 2.05) is 18.2 Å². The van der Waals surface area contributed by atoms with Gasteiger partial charge >= 0.3 is 0 Å². The van der Waals surface area contributed by atoms with E-state index in [0.29, 0.717) is 12.4 Å². The van der Waals surface area contributed by atoms with Gasteiger partial charge in [0.25, 0.3) is 0 Å². The van der Waals surface area contributed by atoms with Gasteiger partial charge in [-0.15, -0.1) is 0 Å². The van der Waals surface area contributed by atoms with E-state index in [1.54, 1.807) is 25.3 Å². The number of hydrogen-bond acceptors (Lipinski definition) is 3. The first-order valence-electron chi connectivity index (χ1n) is 5.97. The van der Waals surface area contributed by atoms with Crippen molar-refractivity contribution >= 4 is 0 Å². The molecule has 0 aliphatic carbocycles. The molecule has 0 saturated heterocycles. The van der Waals surface area contributed by atoms with E-state index in [4.69, 9.17) is 15.2 Å². The largest absolute Gasteiger partial charge is 0.497 e. The molecular weight excluding hydrogens is 245 g/mol. The highest BCUT2D eigenvalue weighted by molar-refractivity contribution is 5.33. The molecule has 1 unspecified atom stereocenters. The van der Waals surface area contributed by atoms with E-state index in [9.17, 15) is 4.39 Å². The Morgan fingerprint density at radius 3 is 2.47 bits per heavy atom. The summed E-state index contributed by atoms with van der Waals surface area (Å²) in [5.74, 6) is 1.15. The van der Waals surface area contributed by atoms with Crippen LogP contribution in [-0.2, 0) is 0 Å². The van der Waals surface area contributed by atoms with Crippen molar-refractivity contribution in [3.63, 3.8) is 0 Å². The lowest BCUT2D eigenvalue weighted by Crippen LogP contribution is -2.18. The quantitative estimate of drug-likeness (QED) is 0.900. The number of methoxy groups -OCH3 is 1. The van der Waals surface area contributed by atoms with Crippen LogP contribution in [0, 0.1) is 5.82 Å². The number of nitrogens with two attached hydrogens (primary N) is 1. The summed E-state index contributed by atoms with van der Waals surface area (Å²) in [6.45, 7) is 0.318. The minimum absolute atomic E-state index is 0.273. The molecule has 0 bridgehead atoms. The highest BCUT2D eigenvalue weighted by Gasteiger charge is 2.07. The number of benzene rings is 2. The lowest BCUT2D eigenvalue weighted by molar-refractivity contribution is 0.288. The standard InChI is InChI=1S/C15H16FNO2/c1-18-13-3-2-4-14(9-13)19-10-15(17)11-5-7-12(16)8-6-11/h2-9,15H,10,17H2,1H3.